The highest BCUT2D eigenvalue weighted by Gasteiger charge is 2.37. The van der Waals surface area contributed by atoms with Crippen LogP contribution in [0.4, 0.5) is 13.2 Å². The van der Waals surface area contributed by atoms with Gasteiger partial charge < -0.3 is 15.4 Å². The van der Waals surface area contributed by atoms with Gasteiger partial charge in [-0.3, -0.25) is 9.59 Å². The van der Waals surface area contributed by atoms with E-state index < -0.39 is 23.1 Å². The van der Waals surface area contributed by atoms with Crippen LogP contribution in [0.15, 0.2) is 54.6 Å². The molecular formula is C22H23F3N2O3. The van der Waals surface area contributed by atoms with Crippen LogP contribution in [0, 0.1) is 0 Å². The molecule has 0 spiro atoms. The predicted octanol–water partition coefficient (Wildman–Crippen LogP) is 3.30. The van der Waals surface area contributed by atoms with E-state index in [-0.39, 0.29) is 19.0 Å². The maximum absolute atomic E-state index is 13.2. The second kappa shape index (κ2) is 9.30. The predicted molar refractivity (Wildman–Crippen MR) is 105 cm³/mol. The van der Waals surface area contributed by atoms with Gasteiger partial charge in [-0.25, -0.2) is 0 Å². The molecule has 5 nitrogen and oxygen atoms in total. The first-order valence-electron chi connectivity index (χ1n) is 9.66. The molecule has 0 aromatic heterocycles. The lowest BCUT2D eigenvalue weighted by molar-refractivity contribution is -0.137. The largest absolute Gasteiger partial charge is 0.416 e. The highest BCUT2D eigenvalue weighted by molar-refractivity contribution is 5.96. The maximum atomic E-state index is 13.2. The topological polar surface area (TPSA) is 67.4 Å². The average Bonchev–Trinajstić information content (AvgIpc) is 2.77. The number of nitrogens with one attached hydrogen (secondary N) is 2. The van der Waals surface area contributed by atoms with E-state index in [1.807, 2.05) is 0 Å². The normalized spacial score (nSPS) is 16.0. The van der Waals surface area contributed by atoms with Crippen molar-refractivity contribution in [3.63, 3.8) is 0 Å². The van der Waals surface area contributed by atoms with Crippen molar-refractivity contribution in [2.75, 3.05) is 26.3 Å². The lowest BCUT2D eigenvalue weighted by Crippen LogP contribution is -2.47. The Morgan fingerprint density at radius 3 is 2.33 bits per heavy atom. The summed E-state index contributed by atoms with van der Waals surface area (Å²) in [6.07, 6.45) is -3.46. The molecule has 2 aromatic carbocycles. The standard InChI is InChI=1S/C22H23F3N2O3/c23-22(24,25)18-8-4-7-17(13-18)21(9-11-30-12-10-21)15-27-19(28)14-26-20(29)16-5-2-1-3-6-16/h1-8,13H,9-12,14-15H2,(H,26,29)(H,27,28). The number of ether oxygens (including phenoxy) is 1. The molecule has 0 radical (unpaired) electrons. The Hall–Kier alpha value is -2.87. The van der Waals surface area contributed by atoms with Crippen LogP contribution in [0.2, 0.25) is 0 Å². The second-order valence-electron chi connectivity index (χ2n) is 7.30. The van der Waals surface area contributed by atoms with Crippen molar-refractivity contribution in [2.45, 2.75) is 24.4 Å². The van der Waals surface area contributed by atoms with E-state index in [2.05, 4.69) is 10.6 Å². The fraction of sp³-hybridized carbons (Fsp3) is 0.364. The first kappa shape index (κ1) is 21.8. The summed E-state index contributed by atoms with van der Waals surface area (Å²) in [5.74, 6) is -0.776. The van der Waals surface area contributed by atoms with E-state index in [1.54, 1.807) is 36.4 Å². The van der Waals surface area contributed by atoms with Gasteiger partial charge in [-0.15, -0.1) is 0 Å². The summed E-state index contributed by atoms with van der Waals surface area (Å²) in [6, 6.07) is 13.7. The lowest BCUT2D eigenvalue weighted by atomic mass is 9.73. The lowest BCUT2D eigenvalue weighted by Gasteiger charge is -2.38. The summed E-state index contributed by atoms with van der Waals surface area (Å²) < 4.78 is 44.9. The fourth-order valence-electron chi connectivity index (χ4n) is 3.54. The zero-order valence-electron chi connectivity index (χ0n) is 16.3. The Labute approximate surface area is 172 Å². The van der Waals surface area contributed by atoms with Crippen molar-refractivity contribution in [2.24, 2.45) is 0 Å². The first-order chi connectivity index (χ1) is 14.3. The van der Waals surface area contributed by atoms with Gasteiger partial charge in [0.25, 0.3) is 5.91 Å². The minimum Gasteiger partial charge on any atom is -0.381 e. The molecule has 8 heteroatoms. The summed E-state index contributed by atoms with van der Waals surface area (Å²) in [5.41, 5.74) is -0.407. The molecule has 1 saturated heterocycles. The quantitative estimate of drug-likeness (QED) is 0.754. The summed E-state index contributed by atoms with van der Waals surface area (Å²) in [7, 11) is 0. The summed E-state index contributed by atoms with van der Waals surface area (Å²) in [5, 5.41) is 5.31. The summed E-state index contributed by atoms with van der Waals surface area (Å²) >= 11 is 0. The number of rotatable bonds is 6. The van der Waals surface area contributed by atoms with E-state index in [9.17, 15) is 22.8 Å². The Bertz CT molecular complexity index is 879. The zero-order valence-corrected chi connectivity index (χ0v) is 16.3. The molecule has 1 heterocycles. The minimum atomic E-state index is -4.44. The van der Waals surface area contributed by atoms with Crippen LogP contribution in [-0.4, -0.2) is 38.1 Å². The van der Waals surface area contributed by atoms with Crippen molar-refractivity contribution in [1.82, 2.24) is 10.6 Å². The molecular weight excluding hydrogens is 397 g/mol. The second-order valence-corrected chi connectivity index (χ2v) is 7.30. The first-order valence-corrected chi connectivity index (χ1v) is 9.66. The number of hydrogen-bond acceptors (Lipinski definition) is 3. The monoisotopic (exact) mass is 420 g/mol. The van der Waals surface area contributed by atoms with Crippen LogP contribution in [0.25, 0.3) is 0 Å². The third-order valence-corrected chi connectivity index (χ3v) is 5.32. The van der Waals surface area contributed by atoms with Crippen molar-refractivity contribution in [3.8, 4) is 0 Å². The molecule has 2 amide bonds. The Kier molecular flexibility index (Phi) is 6.77. The molecule has 2 aromatic rings. The third-order valence-electron chi connectivity index (χ3n) is 5.32. The van der Waals surface area contributed by atoms with Gasteiger partial charge in [-0.05, 0) is 36.6 Å². The van der Waals surface area contributed by atoms with Crippen LogP contribution in [0.3, 0.4) is 0 Å². The summed E-state index contributed by atoms with van der Waals surface area (Å²) in [6.45, 7) is 0.744. The number of hydrogen-bond donors (Lipinski definition) is 2. The molecule has 1 fully saturated rings. The maximum Gasteiger partial charge on any atom is 0.416 e. The van der Waals surface area contributed by atoms with E-state index >= 15 is 0 Å². The van der Waals surface area contributed by atoms with Crippen LogP contribution >= 0.6 is 0 Å². The van der Waals surface area contributed by atoms with E-state index in [4.69, 9.17) is 4.74 Å². The number of alkyl halides is 3. The Morgan fingerprint density at radius 1 is 0.967 bits per heavy atom. The van der Waals surface area contributed by atoms with Gasteiger partial charge in [0.2, 0.25) is 5.91 Å². The fourth-order valence-corrected chi connectivity index (χ4v) is 3.54. The number of halogens is 3. The molecule has 30 heavy (non-hydrogen) atoms. The molecule has 0 unspecified atom stereocenters. The summed E-state index contributed by atoms with van der Waals surface area (Å²) in [4.78, 5) is 24.3. The van der Waals surface area contributed by atoms with E-state index in [0.717, 1.165) is 12.1 Å². The average molecular weight is 420 g/mol. The smallest absolute Gasteiger partial charge is 0.381 e. The highest BCUT2D eigenvalue weighted by atomic mass is 19.4. The van der Waals surface area contributed by atoms with Crippen LogP contribution in [-0.2, 0) is 21.1 Å². The highest BCUT2D eigenvalue weighted by Crippen LogP contribution is 2.37. The molecule has 2 N–H and O–H groups in total. The van der Waals surface area contributed by atoms with Crippen molar-refractivity contribution >= 4 is 11.8 Å². The van der Waals surface area contributed by atoms with Crippen LogP contribution in [0.5, 0.6) is 0 Å². The third kappa shape index (κ3) is 5.38. The Morgan fingerprint density at radius 2 is 1.67 bits per heavy atom. The van der Waals surface area contributed by atoms with Crippen molar-refractivity contribution in [3.05, 3.63) is 71.3 Å². The van der Waals surface area contributed by atoms with Gasteiger partial charge in [-0.2, -0.15) is 13.2 Å². The molecule has 0 atom stereocenters. The molecule has 0 bridgehead atoms. The van der Waals surface area contributed by atoms with Gasteiger partial charge in [0.1, 0.15) is 0 Å². The minimum absolute atomic E-state index is 0.164. The van der Waals surface area contributed by atoms with Crippen molar-refractivity contribution in [1.29, 1.82) is 0 Å². The molecule has 0 saturated carbocycles. The molecule has 1 aliphatic rings. The zero-order chi connectivity index (χ0) is 21.6. The van der Waals surface area contributed by atoms with Gasteiger partial charge in [-0.1, -0.05) is 36.4 Å². The SMILES string of the molecule is O=C(CNC(=O)c1ccccc1)NCC1(c2cccc(C(F)(F)F)c2)CCOCC1. The van der Waals surface area contributed by atoms with Gasteiger partial charge in [0, 0.05) is 30.7 Å². The van der Waals surface area contributed by atoms with Gasteiger partial charge >= 0.3 is 6.18 Å². The van der Waals surface area contributed by atoms with Crippen molar-refractivity contribution < 1.29 is 27.5 Å². The Balaban J connectivity index is 1.65. The molecule has 0 aliphatic carbocycles. The molecule has 1 aliphatic heterocycles. The number of carbonyl (C=O) groups excluding carboxylic acids is 2. The molecule has 160 valence electrons. The number of benzene rings is 2. The number of amides is 2. The van der Waals surface area contributed by atoms with Crippen LogP contribution in [0.1, 0.15) is 34.3 Å². The van der Waals surface area contributed by atoms with Gasteiger partial charge in [0.05, 0.1) is 12.1 Å². The number of carbonyl (C=O) groups is 2. The van der Waals surface area contributed by atoms with Crippen LogP contribution < -0.4 is 10.6 Å². The van der Waals surface area contributed by atoms with E-state index in [0.29, 0.717) is 37.2 Å². The molecule has 3 rings (SSSR count). The van der Waals surface area contributed by atoms with Gasteiger partial charge in [0.15, 0.2) is 0 Å². The van der Waals surface area contributed by atoms with E-state index in [1.165, 1.54) is 6.07 Å².